The first-order chi connectivity index (χ1) is 10.2. The Bertz CT molecular complexity index is 396. The molecule has 2 rings (SSSR count). The Morgan fingerprint density at radius 2 is 1.76 bits per heavy atom. The van der Waals surface area contributed by atoms with Crippen molar-refractivity contribution in [2.24, 2.45) is 0 Å². The number of hydrogen-bond acceptors (Lipinski definition) is 3. The van der Waals surface area contributed by atoms with Gasteiger partial charge in [0.1, 0.15) is 5.75 Å². The lowest BCUT2D eigenvalue weighted by Crippen LogP contribution is -2.44. The first-order valence-corrected chi connectivity index (χ1v) is 8.32. The summed E-state index contributed by atoms with van der Waals surface area (Å²) in [6, 6.07) is 8.61. The van der Waals surface area contributed by atoms with Crippen LogP contribution in [0.2, 0.25) is 0 Å². The van der Waals surface area contributed by atoms with Crippen LogP contribution in [0.4, 0.5) is 0 Å². The number of ether oxygens (including phenoxy) is 1. The van der Waals surface area contributed by atoms with Gasteiger partial charge in [0.2, 0.25) is 0 Å². The van der Waals surface area contributed by atoms with E-state index < -0.39 is 0 Å². The molecule has 0 amide bonds. The van der Waals surface area contributed by atoms with Crippen LogP contribution in [0.15, 0.2) is 24.3 Å². The first kappa shape index (κ1) is 16.3. The van der Waals surface area contributed by atoms with Crippen LogP contribution in [0.3, 0.4) is 0 Å². The minimum Gasteiger partial charge on any atom is -0.494 e. The summed E-state index contributed by atoms with van der Waals surface area (Å²) in [5, 5.41) is 0. The summed E-state index contributed by atoms with van der Waals surface area (Å²) >= 11 is 0. The summed E-state index contributed by atoms with van der Waals surface area (Å²) in [6.45, 7) is 11.2. The third-order valence-corrected chi connectivity index (χ3v) is 4.54. The van der Waals surface area contributed by atoms with E-state index in [4.69, 9.17) is 4.74 Å². The van der Waals surface area contributed by atoms with E-state index in [2.05, 4.69) is 55.0 Å². The lowest BCUT2D eigenvalue weighted by atomic mass is 9.99. The van der Waals surface area contributed by atoms with Crippen LogP contribution in [0, 0.1) is 0 Å². The molecule has 0 spiro atoms. The molecule has 1 aromatic rings. The molecule has 0 saturated carbocycles. The van der Waals surface area contributed by atoms with Crippen LogP contribution in [0.25, 0.3) is 0 Å². The van der Waals surface area contributed by atoms with Crippen molar-refractivity contribution in [1.29, 1.82) is 0 Å². The molecular weight excluding hydrogens is 260 g/mol. The SMILES string of the molecule is CCC(C)c1ccc(OCCCN2CCN(C)CC2)cc1. The van der Waals surface area contributed by atoms with Gasteiger partial charge < -0.3 is 14.5 Å². The molecule has 118 valence electrons. The lowest BCUT2D eigenvalue weighted by Gasteiger charge is -2.32. The van der Waals surface area contributed by atoms with Gasteiger partial charge in [0.25, 0.3) is 0 Å². The third kappa shape index (κ3) is 5.33. The topological polar surface area (TPSA) is 15.7 Å². The van der Waals surface area contributed by atoms with Gasteiger partial charge in [0.05, 0.1) is 6.61 Å². The largest absolute Gasteiger partial charge is 0.494 e. The summed E-state index contributed by atoms with van der Waals surface area (Å²) in [5.74, 6) is 1.64. The minimum absolute atomic E-state index is 0.635. The molecule has 1 fully saturated rings. The zero-order valence-electron chi connectivity index (χ0n) is 13.8. The molecule has 3 heteroatoms. The number of benzene rings is 1. The molecule has 0 aromatic heterocycles. The van der Waals surface area contributed by atoms with Crippen molar-refractivity contribution >= 4 is 0 Å². The molecule has 0 bridgehead atoms. The Kier molecular flexibility index (Phi) is 6.52. The number of rotatable bonds is 7. The number of hydrogen-bond donors (Lipinski definition) is 0. The van der Waals surface area contributed by atoms with Gasteiger partial charge in [-0.05, 0) is 43.5 Å². The summed E-state index contributed by atoms with van der Waals surface area (Å²) < 4.78 is 5.85. The van der Waals surface area contributed by atoms with E-state index in [9.17, 15) is 0 Å². The van der Waals surface area contributed by atoms with E-state index in [1.165, 1.54) is 38.2 Å². The maximum atomic E-state index is 5.85. The fourth-order valence-electron chi connectivity index (χ4n) is 2.68. The molecule has 1 heterocycles. The quantitative estimate of drug-likeness (QED) is 0.717. The second-order valence-corrected chi connectivity index (χ2v) is 6.23. The second kappa shape index (κ2) is 8.40. The fourth-order valence-corrected chi connectivity index (χ4v) is 2.68. The van der Waals surface area contributed by atoms with Gasteiger partial charge in [-0.3, -0.25) is 0 Å². The van der Waals surface area contributed by atoms with Crippen LogP contribution < -0.4 is 4.74 Å². The first-order valence-electron chi connectivity index (χ1n) is 8.32. The van der Waals surface area contributed by atoms with Gasteiger partial charge in [-0.1, -0.05) is 26.0 Å². The lowest BCUT2D eigenvalue weighted by molar-refractivity contribution is 0.145. The van der Waals surface area contributed by atoms with E-state index in [1.807, 2.05) is 0 Å². The number of piperazine rings is 1. The van der Waals surface area contributed by atoms with E-state index in [0.717, 1.165) is 25.3 Å². The highest BCUT2D eigenvalue weighted by Crippen LogP contribution is 2.21. The van der Waals surface area contributed by atoms with Crippen LogP contribution in [0.1, 0.15) is 38.2 Å². The summed E-state index contributed by atoms with van der Waals surface area (Å²) in [5.41, 5.74) is 1.40. The van der Waals surface area contributed by atoms with Crippen LogP contribution >= 0.6 is 0 Å². The Morgan fingerprint density at radius 1 is 1.10 bits per heavy atom. The van der Waals surface area contributed by atoms with Crippen molar-refractivity contribution in [2.75, 3.05) is 46.4 Å². The molecule has 1 aliphatic heterocycles. The molecule has 1 aromatic carbocycles. The smallest absolute Gasteiger partial charge is 0.119 e. The second-order valence-electron chi connectivity index (χ2n) is 6.23. The Balaban J connectivity index is 1.64. The Morgan fingerprint density at radius 3 is 2.38 bits per heavy atom. The van der Waals surface area contributed by atoms with Gasteiger partial charge in [-0.25, -0.2) is 0 Å². The zero-order chi connectivity index (χ0) is 15.1. The summed E-state index contributed by atoms with van der Waals surface area (Å²) in [7, 11) is 2.20. The number of likely N-dealkylation sites (N-methyl/N-ethyl adjacent to an activating group) is 1. The molecule has 3 nitrogen and oxygen atoms in total. The highest BCUT2D eigenvalue weighted by molar-refractivity contribution is 5.29. The van der Waals surface area contributed by atoms with Crippen molar-refractivity contribution in [1.82, 2.24) is 9.80 Å². The monoisotopic (exact) mass is 290 g/mol. The van der Waals surface area contributed by atoms with Crippen molar-refractivity contribution < 1.29 is 4.74 Å². The molecule has 21 heavy (non-hydrogen) atoms. The van der Waals surface area contributed by atoms with E-state index in [1.54, 1.807) is 0 Å². The highest BCUT2D eigenvalue weighted by atomic mass is 16.5. The molecule has 1 aliphatic rings. The average molecular weight is 290 g/mol. The van der Waals surface area contributed by atoms with Gasteiger partial charge >= 0.3 is 0 Å². The zero-order valence-corrected chi connectivity index (χ0v) is 13.8. The summed E-state index contributed by atoms with van der Waals surface area (Å²) in [4.78, 5) is 4.93. The summed E-state index contributed by atoms with van der Waals surface area (Å²) in [6.07, 6.45) is 2.29. The maximum absolute atomic E-state index is 5.85. The van der Waals surface area contributed by atoms with Crippen molar-refractivity contribution in [3.05, 3.63) is 29.8 Å². The van der Waals surface area contributed by atoms with Gasteiger partial charge in [0, 0.05) is 32.7 Å². The van der Waals surface area contributed by atoms with Crippen LogP contribution in [-0.2, 0) is 0 Å². The molecule has 1 atom stereocenters. The standard InChI is InChI=1S/C18H30N2O/c1-4-16(2)17-6-8-18(9-7-17)21-15-5-10-20-13-11-19(3)12-14-20/h6-9,16H,4-5,10-15H2,1-3H3. The molecule has 0 radical (unpaired) electrons. The molecule has 0 N–H and O–H groups in total. The average Bonchev–Trinajstić information content (AvgIpc) is 2.53. The molecular formula is C18H30N2O. The third-order valence-electron chi connectivity index (χ3n) is 4.54. The van der Waals surface area contributed by atoms with E-state index in [0.29, 0.717) is 5.92 Å². The van der Waals surface area contributed by atoms with Gasteiger partial charge in [-0.15, -0.1) is 0 Å². The predicted octanol–water partition coefficient (Wildman–Crippen LogP) is 3.22. The van der Waals surface area contributed by atoms with E-state index >= 15 is 0 Å². The van der Waals surface area contributed by atoms with Gasteiger partial charge in [0.15, 0.2) is 0 Å². The molecule has 1 unspecified atom stereocenters. The number of nitrogens with zero attached hydrogens (tertiary/aromatic N) is 2. The Hall–Kier alpha value is -1.06. The molecule has 1 saturated heterocycles. The van der Waals surface area contributed by atoms with Crippen molar-refractivity contribution in [3.63, 3.8) is 0 Å². The molecule has 0 aliphatic carbocycles. The maximum Gasteiger partial charge on any atom is 0.119 e. The van der Waals surface area contributed by atoms with Gasteiger partial charge in [-0.2, -0.15) is 0 Å². The predicted molar refractivity (Wildman–Crippen MR) is 89.2 cm³/mol. The van der Waals surface area contributed by atoms with Crippen molar-refractivity contribution in [3.8, 4) is 5.75 Å². The van der Waals surface area contributed by atoms with E-state index in [-0.39, 0.29) is 0 Å². The highest BCUT2D eigenvalue weighted by Gasteiger charge is 2.12. The minimum atomic E-state index is 0.635. The van der Waals surface area contributed by atoms with Crippen LogP contribution in [-0.4, -0.2) is 56.2 Å². The van der Waals surface area contributed by atoms with Crippen molar-refractivity contribution in [2.45, 2.75) is 32.6 Å². The normalized spacial score (nSPS) is 18.6. The Labute approximate surface area is 129 Å². The van der Waals surface area contributed by atoms with Crippen LogP contribution in [0.5, 0.6) is 5.75 Å². The fraction of sp³-hybridized carbons (Fsp3) is 0.667.